The highest BCUT2D eigenvalue weighted by atomic mass is 16.7. The molecule has 1 aromatic heterocycles. The number of hydrogen-bond acceptors (Lipinski definition) is 4. The Morgan fingerprint density at radius 1 is 1.28 bits per heavy atom. The first-order chi connectivity index (χ1) is 12.1. The Morgan fingerprint density at radius 2 is 2.08 bits per heavy atom. The summed E-state index contributed by atoms with van der Waals surface area (Å²) in [5, 5.41) is 3.03. The van der Waals surface area contributed by atoms with Gasteiger partial charge in [-0.25, -0.2) is 4.79 Å². The lowest BCUT2D eigenvalue weighted by molar-refractivity contribution is -0.189. The zero-order chi connectivity index (χ0) is 17.3. The van der Waals surface area contributed by atoms with Gasteiger partial charge in [0.2, 0.25) is 0 Å². The summed E-state index contributed by atoms with van der Waals surface area (Å²) in [6.45, 7) is 4.72. The van der Waals surface area contributed by atoms with E-state index in [0.717, 1.165) is 37.9 Å². The van der Waals surface area contributed by atoms with Gasteiger partial charge in [0, 0.05) is 24.7 Å². The second-order valence-electron chi connectivity index (χ2n) is 7.47. The van der Waals surface area contributed by atoms with Gasteiger partial charge in [-0.2, -0.15) is 0 Å². The van der Waals surface area contributed by atoms with Gasteiger partial charge >= 0.3 is 6.03 Å². The summed E-state index contributed by atoms with van der Waals surface area (Å²) in [6.07, 6.45) is 8.32. The van der Waals surface area contributed by atoms with Crippen LogP contribution in [-0.4, -0.2) is 48.0 Å². The Kier molecular flexibility index (Phi) is 4.65. The van der Waals surface area contributed by atoms with E-state index >= 15 is 0 Å². The lowest BCUT2D eigenvalue weighted by atomic mass is 9.90. The fourth-order valence-corrected chi connectivity index (χ4v) is 4.21. The topological polar surface area (TPSA) is 63.7 Å². The number of aryl methyl sites for hydroxylation is 2. The number of rotatable bonds is 2. The molecule has 2 amide bonds. The molecule has 2 aliphatic heterocycles. The maximum atomic E-state index is 12.7. The number of urea groups is 1. The van der Waals surface area contributed by atoms with E-state index in [9.17, 15) is 4.79 Å². The van der Waals surface area contributed by atoms with Crippen LogP contribution in [0.15, 0.2) is 12.3 Å². The van der Waals surface area contributed by atoms with Crippen molar-refractivity contribution >= 4 is 11.7 Å². The first-order valence-electron chi connectivity index (χ1n) is 9.46. The number of likely N-dealkylation sites (tertiary alicyclic amines) is 1. The molecule has 0 spiro atoms. The van der Waals surface area contributed by atoms with Crippen molar-refractivity contribution in [2.24, 2.45) is 5.92 Å². The van der Waals surface area contributed by atoms with Crippen LogP contribution in [0.2, 0.25) is 0 Å². The molecule has 2 saturated heterocycles. The van der Waals surface area contributed by atoms with Crippen LogP contribution in [0.25, 0.3) is 0 Å². The minimum absolute atomic E-state index is 0.0520. The van der Waals surface area contributed by atoms with E-state index in [0.29, 0.717) is 19.8 Å². The number of nitrogens with one attached hydrogen (secondary N) is 1. The van der Waals surface area contributed by atoms with E-state index in [4.69, 9.17) is 9.47 Å². The second kappa shape index (κ2) is 6.92. The zero-order valence-electron chi connectivity index (χ0n) is 14.9. The Labute approximate surface area is 148 Å². The predicted molar refractivity (Wildman–Crippen MR) is 94.5 cm³/mol. The van der Waals surface area contributed by atoms with Gasteiger partial charge in [0.25, 0.3) is 0 Å². The normalized spacial score (nSPS) is 25.5. The molecule has 3 aliphatic rings. The van der Waals surface area contributed by atoms with E-state index < -0.39 is 5.79 Å². The summed E-state index contributed by atoms with van der Waals surface area (Å²) >= 11 is 0. The van der Waals surface area contributed by atoms with Crippen LogP contribution < -0.4 is 5.32 Å². The molecule has 6 nitrogen and oxygen atoms in total. The molecule has 0 saturated carbocycles. The van der Waals surface area contributed by atoms with E-state index in [1.54, 1.807) is 6.20 Å². The van der Waals surface area contributed by atoms with E-state index in [1.807, 2.05) is 11.8 Å². The number of ether oxygens (including phenoxy) is 2. The number of amides is 2. The third-order valence-corrected chi connectivity index (χ3v) is 5.73. The van der Waals surface area contributed by atoms with E-state index in [-0.39, 0.29) is 11.9 Å². The van der Waals surface area contributed by atoms with Gasteiger partial charge in [-0.15, -0.1) is 0 Å². The van der Waals surface area contributed by atoms with Gasteiger partial charge in [0.15, 0.2) is 5.79 Å². The van der Waals surface area contributed by atoms with Gasteiger partial charge in [0.1, 0.15) is 0 Å². The van der Waals surface area contributed by atoms with Crippen LogP contribution in [0.4, 0.5) is 10.5 Å². The van der Waals surface area contributed by atoms with Crippen molar-refractivity contribution in [1.29, 1.82) is 0 Å². The number of fused-ring (bicyclic) bond motifs is 1. The smallest absolute Gasteiger partial charge is 0.321 e. The maximum Gasteiger partial charge on any atom is 0.321 e. The van der Waals surface area contributed by atoms with Gasteiger partial charge in [-0.3, -0.25) is 4.98 Å². The standard InChI is InChI=1S/C19H27N3O3/c1-19(24-9-10-25-19)15-6-4-8-22(13-15)18(23)21-16-11-14-5-2-3-7-17(14)20-12-16/h11-12,15H,2-10,13H2,1H3,(H,21,23). The predicted octanol–water partition coefficient (Wildman–Crippen LogP) is 2.97. The Hall–Kier alpha value is -1.66. The molecule has 1 unspecified atom stereocenters. The number of aromatic nitrogens is 1. The minimum atomic E-state index is -0.549. The quantitative estimate of drug-likeness (QED) is 0.895. The van der Waals surface area contributed by atoms with Crippen LogP contribution in [0, 0.1) is 5.92 Å². The largest absolute Gasteiger partial charge is 0.347 e. The number of nitrogens with zero attached hydrogens (tertiary/aromatic N) is 2. The number of piperidine rings is 1. The molecule has 3 heterocycles. The number of carbonyl (C=O) groups is 1. The molecular formula is C19H27N3O3. The third kappa shape index (κ3) is 3.51. The van der Waals surface area contributed by atoms with Crippen molar-refractivity contribution in [2.75, 3.05) is 31.6 Å². The van der Waals surface area contributed by atoms with Gasteiger partial charge < -0.3 is 19.7 Å². The molecule has 1 aromatic rings. The van der Waals surface area contributed by atoms with Crippen molar-refractivity contribution in [2.45, 2.75) is 51.2 Å². The highest BCUT2D eigenvalue weighted by Gasteiger charge is 2.42. The molecule has 1 atom stereocenters. The second-order valence-corrected chi connectivity index (χ2v) is 7.47. The van der Waals surface area contributed by atoms with E-state index in [1.165, 1.54) is 24.1 Å². The van der Waals surface area contributed by atoms with Crippen LogP contribution in [0.1, 0.15) is 43.9 Å². The summed E-state index contributed by atoms with van der Waals surface area (Å²) in [5.74, 6) is -0.331. The SMILES string of the molecule is CC1(C2CCCN(C(=O)Nc3cnc4c(c3)CCCC4)C2)OCCO1. The number of hydrogen-bond donors (Lipinski definition) is 1. The molecule has 25 heavy (non-hydrogen) atoms. The van der Waals surface area contributed by atoms with Crippen LogP contribution in [0.3, 0.4) is 0 Å². The molecule has 1 aliphatic carbocycles. The van der Waals surface area contributed by atoms with Crippen LogP contribution >= 0.6 is 0 Å². The number of anilines is 1. The highest BCUT2D eigenvalue weighted by Crippen LogP contribution is 2.34. The fraction of sp³-hybridized carbons (Fsp3) is 0.684. The van der Waals surface area contributed by atoms with Crippen molar-refractivity contribution in [3.8, 4) is 0 Å². The highest BCUT2D eigenvalue weighted by molar-refractivity contribution is 5.89. The maximum absolute atomic E-state index is 12.7. The average molecular weight is 345 g/mol. The van der Waals surface area contributed by atoms with Gasteiger partial charge in [0.05, 0.1) is 25.1 Å². The first kappa shape index (κ1) is 16.8. The van der Waals surface area contributed by atoms with Crippen molar-refractivity contribution in [3.05, 3.63) is 23.5 Å². The molecule has 1 N–H and O–H groups in total. The first-order valence-corrected chi connectivity index (χ1v) is 9.46. The fourth-order valence-electron chi connectivity index (χ4n) is 4.21. The summed E-state index contributed by atoms with van der Waals surface area (Å²) < 4.78 is 11.6. The van der Waals surface area contributed by atoms with Crippen molar-refractivity contribution < 1.29 is 14.3 Å². The Morgan fingerprint density at radius 3 is 2.92 bits per heavy atom. The summed E-state index contributed by atoms with van der Waals surface area (Å²) in [4.78, 5) is 19.1. The molecule has 6 heteroatoms. The van der Waals surface area contributed by atoms with Crippen LogP contribution in [0.5, 0.6) is 0 Å². The minimum Gasteiger partial charge on any atom is -0.347 e. The van der Waals surface area contributed by atoms with Crippen molar-refractivity contribution in [1.82, 2.24) is 9.88 Å². The zero-order valence-corrected chi connectivity index (χ0v) is 14.9. The molecule has 0 bridgehead atoms. The molecule has 136 valence electrons. The summed E-state index contributed by atoms with van der Waals surface area (Å²) in [6, 6.07) is 2.04. The number of pyridine rings is 1. The molecule has 0 radical (unpaired) electrons. The van der Waals surface area contributed by atoms with E-state index in [2.05, 4.69) is 16.4 Å². The lowest BCUT2D eigenvalue weighted by Crippen LogP contribution is -2.49. The molecule has 4 rings (SSSR count). The van der Waals surface area contributed by atoms with Gasteiger partial charge in [-0.1, -0.05) is 0 Å². The third-order valence-electron chi connectivity index (χ3n) is 5.73. The Bertz CT molecular complexity index is 643. The molecule has 0 aromatic carbocycles. The van der Waals surface area contributed by atoms with Crippen molar-refractivity contribution in [3.63, 3.8) is 0 Å². The lowest BCUT2D eigenvalue weighted by Gasteiger charge is -2.39. The molecular weight excluding hydrogens is 318 g/mol. The number of carbonyl (C=O) groups excluding carboxylic acids is 1. The average Bonchev–Trinajstić information content (AvgIpc) is 3.10. The monoisotopic (exact) mass is 345 g/mol. The van der Waals surface area contributed by atoms with Crippen LogP contribution in [-0.2, 0) is 22.3 Å². The Balaban J connectivity index is 1.40. The molecule has 2 fully saturated rings. The van der Waals surface area contributed by atoms with Gasteiger partial charge in [-0.05, 0) is 57.1 Å². The summed E-state index contributed by atoms with van der Waals surface area (Å²) in [5.41, 5.74) is 3.26. The summed E-state index contributed by atoms with van der Waals surface area (Å²) in [7, 11) is 0.